The number of aromatic nitrogens is 4. The quantitative estimate of drug-likeness (QED) is 0.516. The molecule has 1 N–H and O–H groups in total. The summed E-state index contributed by atoms with van der Waals surface area (Å²) in [6, 6.07) is 6.58. The Labute approximate surface area is 217 Å². The summed E-state index contributed by atoms with van der Waals surface area (Å²) in [4.78, 5) is 23.1. The van der Waals surface area contributed by atoms with Crippen LogP contribution in [-0.4, -0.2) is 89.6 Å². The number of fused-ring (bicyclic) bond motifs is 1. The molecule has 196 valence electrons. The molecule has 3 aliphatic rings. The maximum Gasteiger partial charge on any atom is 0.223 e. The van der Waals surface area contributed by atoms with E-state index >= 15 is 0 Å². The highest BCUT2D eigenvalue weighted by Crippen LogP contribution is 2.33. The number of nitrogens with one attached hydrogen (secondary N) is 1. The number of anilines is 2. The molecule has 6 rings (SSSR count). The molecule has 10 nitrogen and oxygen atoms in total. The van der Waals surface area contributed by atoms with Crippen LogP contribution in [0.15, 0.2) is 36.8 Å². The van der Waals surface area contributed by atoms with Crippen molar-refractivity contribution in [2.24, 2.45) is 0 Å². The van der Waals surface area contributed by atoms with Gasteiger partial charge < -0.3 is 24.4 Å². The van der Waals surface area contributed by atoms with Gasteiger partial charge in [0.25, 0.3) is 0 Å². The summed E-state index contributed by atoms with van der Waals surface area (Å²) < 4.78 is 17.6. The van der Waals surface area contributed by atoms with Crippen LogP contribution in [-0.2, 0) is 16.0 Å². The number of ether oxygens (including phenoxy) is 3. The highest BCUT2D eigenvalue weighted by molar-refractivity contribution is 5.85. The molecule has 3 aromatic rings. The van der Waals surface area contributed by atoms with Gasteiger partial charge in [-0.2, -0.15) is 0 Å². The Balaban J connectivity index is 1.07. The Hall–Kier alpha value is -3.08. The van der Waals surface area contributed by atoms with Crippen LogP contribution < -0.4 is 15.0 Å². The predicted molar refractivity (Wildman–Crippen MR) is 141 cm³/mol. The van der Waals surface area contributed by atoms with Gasteiger partial charge in [-0.05, 0) is 37.8 Å². The number of hydrogen-bond donors (Lipinski definition) is 1. The Morgan fingerprint density at radius 3 is 2.43 bits per heavy atom. The summed E-state index contributed by atoms with van der Waals surface area (Å²) in [5, 5.41) is 3.56. The highest BCUT2D eigenvalue weighted by Gasteiger charge is 2.25. The van der Waals surface area contributed by atoms with Gasteiger partial charge in [0.05, 0.1) is 43.7 Å². The predicted octanol–water partition coefficient (Wildman–Crippen LogP) is 2.89. The van der Waals surface area contributed by atoms with Gasteiger partial charge in [0.2, 0.25) is 5.95 Å². The van der Waals surface area contributed by atoms with E-state index in [0.717, 1.165) is 119 Å². The molecule has 1 saturated carbocycles. The Morgan fingerprint density at radius 1 is 0.865 bits per heavy atom. The fourth-order valence-corrected chi connectivity index (χ4v) is 5.35. The van der Waals surface area contributed by atoms with E-state index < -0.39 is 0 Å². The van der Waals surface area contributed by atoms with E-state index in [1.165, 1.54) is 0 Å². The third-order valence-corrected chi connectivity index (χ3v) is 7.40. The van der Waals surface area contributed by atoms with Crippen molar-refractivity contribution < 1.29 is 14.2 Å². The first kappa shape index (κ1) is 24.3. The molecule has 2 aliphatic heterocycles. The molecule has 1 aromatic carbocycles. The molecular formula is C27H35N7O3. The van der Waals surface area contributed by atoms with E-state index in [4.69, 9.17) is 19.2 Å². The number of hydrogen-bond acceptors (Lipinski definition) is 10. The van der Waals surface area contributed by atoms with Crippen LogP contribution in [0.2, 0.25) is 0 Å². The summed E-state index contributed by atoms with van der Waals surface area (Å²) >= 11 is 0. The van der Waals surface area contributed by atoms with Crippen LogP contribution in [0.25, 0.3) is 11.0 Å². The molecule has 0 radical (unpaired) electrons. The molecule has 4 heterocycles. The highest BCUT2D eigenvalue weighted by atomic mass is 16.5. The molecule has 0 amide bonds. The summed E-state index contributed by atoms with van der Waals surface area (Å²) in [6.45, 7) is 7.55. The number of rotatable bonds is 7. The van der Waals surface area contributed by atoms with Gasteiger partial charge in [0.1, 0.15) is 11.3 Å². The van der Waals surface area contributed by atoms with E-state index in [9.17, 15) is 0 Å². The Morgan fingerprint density at radius 2 is 1.62 bits per heavy atom. The SMILES string of the molecule is c1cc(CN2CCOCC2)nc(N[C@H]2CC[C@@H](Oc3cc(N4CCOCC4)cc4nccnc34)CC2)n1. The van der Waals surface area contributed by atoms with Crippen LogP contribution in [0, 0.1) is 0 Å². The second kappa shape index (κ2) is 11.5. The van der Waals surface area contributed by atoms with Gasteiger partial charge in [0, 0.05) is 69.1 Å². The minimum atomic E-state index is 0.150. The van der Waals surface area contributed by atoms with Crippen LogP contribution >= 0.6 is 0 Å². The zero-order chi connectivity index (χ0) is 24.9. The lowest BCUT2D eigenvalue weighted by Gasteiger charge is -2.31. The molecule has 3 fully saturated rings. The van der Waals surface area contributed by atoms with Crippen LogP contribution in [0.4, 0.5) is 11.6 Å². The van der Waals surface area contributed by atoms with Gasteiger partial charge in [-0.25, -0.2) is 15.0 Å². The normalized spacial score (nSPS) is 23.2. The van der Waals surface area contributed by atoms with Crippen LogP contribution in [0.1, 0.15) is 31.4 Å². The largest absolute Gasteiger partial charge is 0.488 e. The smallest absolute Gasteiger partial charge is 0.223 e. The molecule has 37 heavy (non-hydrogen) atoms. The van der Waals surface area contributed by atoms with Gasteiger partial charge in [-0.15, -0.1) is 0 Å². The van der Waals surface area contributed by atoms with E-state index in [1.807, 2.05) is 12.3 Å². The second-order valence-electron chi connectivity index (χ2n) is 9.96. The average molecular weight is 506 g/mol. The fraction of sp³-hybridized carbons (Fsp3) is 0.556. The molecule has 2 aromatic heterocycles. The third kappa shape index (κ3) is 6.08. The lowest BCUT2D eigenvalue weighted by Crippen LogP contribution is -2.36. The van der Waals surface area contributed by atoms with E-state index in [0.29, 0.717) is 6.04 Å². The summed E-state index contributed by atoms with van der Waals surface area (Å²) in [5.41, 5.74) is 3.86. The number of nitrogens with zero attached hydrogens (tertiary/aromatic N) is 6. The minimum absolute atomic E-state index is 0.150. The molecule has 0 spiro atoms. The van der Waals surface area contributed by atoms with Crippen LogP contribution in [0.3, 0.4) is 0 Å². The summed E-state index contributed by atoms with van der Waals surface area (Å²) in [5.74, 6) is 1.54. The lowest BCUT2D eigenvalue weighted by atomic mass is 9.93. The zero-order valence-corrected chi connectivity index (χ0v) is 21.2. The Bertz CT molecular complexity index is 1180. The first-order valence-corrected chi connectivity index (χ1v) is 13.4. The van der Waals surface area contributed by atoms with Crippen molar-refractivity contribution in [1.82, 2.24) is 24.8 Å². The summed E-state index contributed by atoms with van der Waals surface area (Å²) in [6.07, 6.45) is 9.43. The van der Waals surface area contributed by atoms with Crippen molar-refractivity contribution in [3.63, 3.8) is 0 Å². The maximum absolute atomic E-state index is 6.57. The number of benzene rings is 1. The standard InChI is InChI=1S/C27H35N7O3/c1-3-23(4-2-20(1)31-27-30-6-5-21(32-27)19-33-9-13-35-14-10-33)37-25-18-22(34-11-15-36-16-12-34)17-24-26(25)29-8-7-28-24/h5-8,17-18,20,23H,1-4,9-16,19H2,(H,30,31,32)/t20-,23+. The van der Waals surface area contributed by atoms with Gasteiger partial charge in [0.15, 0.2) is 0 Å². The minimum Gasteiger partial charge on any atom is -0.488 e. The fourth-order valence-electron chi connectivity index (χ4n) is 5.35. The van der Waals surface area contributed by atoms with Gasteiger partial charge in [-0.3, -0.25) is 9.88 Å². The van der Waals surface area contributed by atoms with Crippen molar-refractivity contribution in [2.75, 3.05) is 62.8 Å². The van der Waals surface area contributed by atoms with Crippen molar-refractivity contribution in [3.8, 4) is 5.75 Å². The molecule has 1 aliphatic carbocycles. The van der Waals surface area contributed by atoms with Crippen molar-refractivity contribution in [1.29, 1.82) is 0 Å². The van der Waals surface area contributed by atoms with E-state index in [1.54, 1.807) is 12.4 Å². The monoisotopic (exact) mass is 505 g/mol. The molecule has 10 heteroatoms. The molecule has 2 saturated heterocycles. The maximum atomic E-state index is 6.57. The second-order valence-corrected chi connectivity index (χ2v) is 9.96. The third-order valence-electron chi connectivity index (χ3n) is 7.40. The first-order chi connectivity index (χ1) is 18.3. The van der Waals surface area contributed by atoms with Gasteiger partial charge >= 0.3 is 0 Å². The molecular weight excluding hydrogens is 470 g/mol. The summed E-state index contributed by atoms with van der Waals surface area (Å²) in [7, 11) is 0. The van der Waals surface area contributed by atoms with Crippen molar-refractivity contribution in [2.45, 2.75) is 44.4 Å². The lowest BCUT2D eigenvalue weighted by molar-refractivity contribution is 0.0336. The van der Waals surface area contributed by atoms with E-state index in [2.05, 4.69) is 42.2 Å². The average Bonchev–Trinajstić information content (AvgIpc) is 2.95. The zero-order valence-electron chi connectivity index (χ0n) is 21.2. The number of morpholine rings is 2. The van der Waals surface area contributed by atoms with Crippen LogP contribution in [0.5, 0.6) is 5.75 Å². The molecule has 0 unspecified atom stereocenters. The Kier molecular flexibility index (Phi) is 7.57. The van der Waals surface area contributed by atoms with E-state index in [-0.39, 0.29) is 6.10 Å². The van der Waals surface area contributed by atoms with Crippen molar-refractivity contribution in [3.05, 3.63) is 42.5 Å². The van der Waals surface area contributed by atoms with Crippen molar-refractivity contribution >= 4 is 22.7 Å². The van der Waals surface area contributed by atoms with Gasteiger partial charge in [-0.1, -0.05) is 0 Å². The first-order valence-electron chi connectivity index (χ1n) is 13.4. The molecule has 0 atom stereocenters. The topological polar surface area (TPSA) is 97.8 Å². The molecule has 0 bridgehead atoms.